The van der Waals surface area contributed by atoms with Gasteiger partial charge in [0.1, 0.15) is 11.8 Å². The maximum atomic E-state index is 6.41. The van der Waals surface area contributed by atoms with Gasteiger partial charge in [-0.05, 0) is 88.8 Å². The van der Waals surface area contributed by atoms with Gasteiger partial charge >= 0.3 is 0 Å². The molecule has 1 fully saturated rings. The van der Waals surface area contributed by atoms with Gasteiger partial charge in [0.05, 0.1) is 12.1 Å². The van der Waals surface area contributed by atoms with Crippen LogP contribution in [0.15, 0.2) is 67.1 Å². The third-order valence-corrected chi connectivity index (χ3v) is 8.55. The molecular formula is C33H42N8. The summed E-state index contributed by atoms with van der Waals surface area (Å²) in [5.41, 5.74) is 12.8. The van der Waals surface area contributed by atoms with E-state index in [1.54, 1.807) is 6.33 Å². The Morgan fingerprint density at radius 3 is 2.73 bits per heavy atom. The fourth-order valence-electron chi connectivity index (χ4n) is 6.32. The number of aryl methyl sites for hydroxylation is 1. The highest BCUT2D eigenvalue weighted by atomic mass is 15.3. The number of hydrogen-bond donors (Lipinski definition) is 1. The van der Waals surface area contributed by atoms with Crippen LogP contribution in [0.1, 0.15) is 44.4 Å². The van der Waals surface area contributed by atoms with Crippen LogP contribution >= 0.6 is 0 Å². The standard InChI is InChI=1S/C33H42N8/c1-24(2)39-16-14-26(20-39)19-38(3)15-8-7-11-29-18-30(32-33(34)35-23-36-41(29)32)27-12-13-28-22-40(37-31(28)17-27)21-25-9-5-4-6-10-25/h4-6,9-10,12-13,17-18,22-24,26H,7-8,11,14-16,19-21H2,1-3H3,(H2,34,35,36). The number of benzene rings is 2. The average Bonchev–Trinajstić information content (AvgIpc) is 3.69. The molecule has 2 N–H and O–H groups in total. The molecule has 0 bridgehead atoms. The molecule has 1 aliphatic rings. The van der Waals surface area contributed by atoms with Crippen molar-refractivity contribution in [2.75, 3.05) is 39.0 Å². The SMILES string of the molecule is CC(C)N1CCC(CN(C)CCCCc2cc(-c3ccc4cn(Cc5ccccc5)nc4c3)c3c(N)ncnn23)C1. The monoisotopic (exact) mass is 550 g/mol. The molecule has 1 atom stereocenters. The van der Waals surface area contributed by atoms with E-state index in [9.17, 15) is 0 Å². The van der Waals surface area contributed by atoms with Crippen LogP contribution in [0.3, 0.4) is 0 Å². The number of likely N-dealkylation sites (tertiary alicyclic amines) is 1. The van der Waals surface area contributed by atoms with Crippen LogP contribution in [0.5, 0.6) is 0 Å². The van der Waals surface area contributed by atoms with E-state index in [2.05, 4.69) is 95.5 Å². The minimum atomic E-state index is 0.502. The quantitative estimate of drug-likeness (QED) is 0.223. The predicted octanol–water partition coefficient (Wildman–Crippen LogP) is 5.36. The summed E-state index contributed by atoms with van der Waals surface area (Å²) in [6.45, 7) is 10.1. The number of hydrogen-bond acceptors (Lipinski definition) is 6. The maximum Gasteiger partial charge on any atom is 0.151 e. The summed E-state index contributed by atoms with van der Waals surface area (Å²) in [5.74, 6) is 1.30. The normalized spacial score (nSPS) is 16.2. The molecule has 4 heterocycles. The minimum absolute atomic E-state index is 0.502. The Balaban J connectivity index is 1.14. The molecular weight excluding hydrogens is 508 g/mol. The van der Waals surface area contributed by atoms with E-state index < -0.39 is 0 Å². The number of anilines is 1. The Bertz CT molecular complexity index is 1600. The van der Waals surface area contributed by atoms with Crippen molar-refractivity contribution in [1.82, 2.24) is 34.2 Å². The zero-order valence-electron chi connectivity index (χ0n) is 24.6. The van der Waals surface area contributed by atoms with Crippen LogP contribution in [0.25, 0.3) is 27.5 Å². The zero-order chi connectivity index (χ0) is 28.3. The highest BCUT2D eigenvalue weighted by molar-refractivity contribution is 5.92. The van der Waals surface area contributed by atoms with Crippen LogP contribution in [-0.4, -0.2) is 73.4 Å². The molecule has 8 nitrogen and oxygen atoms in total. The Morgan fingerprint density at radius 1 is 1.07 bits per heavy atom. The summed E-state index contributed by atoms with van der Waals surface area (Å²) in [4.78, 5) is 9.44. The lowest BCUT2D eigenvalue weighted by Crippen LogP contribution is -2.31. The largest absolute Gasteiger partial charge is 0.382 e. The number of nitrogen functional groups attached to an aromatic ring is 1. The Labute approximate surface area is 242 Å². The lowest BCUT2D eigenvalue weighted by molar-refractivity contribution is 0.236. The van der Waals surface area contributed by atoms with Crippen molar-refractivity contribution < 1.29 is 0 Å². The molecule has 8 heteroatoms. The van der Waals surface area contributed by atoms with Crippen molar-refractivity contribution in [2.24, 2.45) is 5.92 Å². The van der Waals surface area contributed by atoms with Gasteiger partial charge in [-0.15, -0.1) is 0 Å². The molecule has 214 valence electrons. The van der Waals surface area contributed by atoms with Gasteiger partial charge in [-0.2, -0.15) is 10.2 Å². The molecule has 1 saturated heterocycles. The first-order valence-corrected chi connectivity index (χ1v) is 15.0. The van der Waals surface area contributed by atoms with E-state index in [1.807, 2.05) is 15.3 Å². The lowest BCUT2D eigenvalue weighted by Gasteiger charge is -2.23. The molecule has 2 aromatic carbocycles. The van der Waals surface area contributed by atoms with Gasteiger partial charge in [-0.1, -0.05) is 42.5 Å². The van der Waals surface area contributed by atoms with Crippen LogP contribution in [0, 0.1) is 5.92 Å². The van der Waals surface area contributed by atoms with Crippen molar-refractivity contribution in [2.45, 2.75) is 52.1 Å². The highest BCUT2D eigenvalue weighted by Gasteiger charge is 2.25. The maximum absolute atomic E-state index is 6.41. The molecule has 0 radical (unpaired) electrons. The second-order valence-electron chi connectivity index (χ2n) is 12.0. The predicted molar refractivity (Wildman–Crippen MR) is 167 cm³/mol. The second kappa shape index (κ2) is 12.0. The summed E-state index contributed by atoms with van der Waals surface area (Å²) < 4.78 is 3.99. The minimum Gasteiger partial charge on any atom is -0.382 e. The van der Waals surface area contributed by atoms with E-state index in [-0.39, 0.29) is 0 Å². The summed E-state index contributed by atoms with van der Waals surface area (Å²) in [6.07, 6.45) is 8.19. The van der Waals surface area contributed by atoms with Gasteiger partial charge in [0.15, 0.2) is 5.82 Å². The second-order valence-corrected chi connectivity index (χ2v) is 12.0. The van der Waals surface area contributed by atoms with Crippen molar-refractivity contribution >= 4 is 22.2 Å². The molecule has 6 rings (SSSR count). The lowest BCUT2D eigenvalue weighted by atomic mass is 10.0. The van der Waals surface area contributed by atoms with Crippen molar-refractivity contribution in [3.63, 3.8) is 0 Å². The number of rotatable bonds is 11. The summed E-state index contributed by atoms with van der Waals surface area (Å²) in [6, 6.07) is 19.8. The van der Waals surface area contributed by atoms with E-state index in [0.717, 1.165) is 65.8 Å². The molecule has 0 spiro atoms. The van der Waals surface area contributed by atoms with Gasteiger partial charge < -0.3 is 15.5 Å². The smallest absolute Gasteiger partial charge is 0.151 e. The fraction of sp³-hybridized carbons (Fsp3) is 0.424. The zero-order valence-corrected chi connectivity index (χ0v) is 24.6. The van der Waals surface area contributed by atoms with Gasteiger partial charge in [-0.25, -0.2) is 9.50 Å². The van der Waals surface area contributed by atoms with E-state index >= 15 is 0 Å². The Hall–Kier alpha value is -3.75. The first-order valence-electron chi connectivity index (χ1n) is 15.0. The molecule has 0 aliphatic carbocycles. The van der Waals surface area contributed by atoms with Gasteiger partial charge in [0.2, 0.25) is 0 Å². The summed E-state index contributed by atoms with van der Waals surface area (Å²) in [7, 11) is 2.27. The Kier molecular flexibility index (Phi) is 8.03. The van der Waals surface area contributed by atoms with Crippen LogP contribution in [0.4, 0.5) is 5.82 Å². The van der Waals surface area contributed by atoms with E-state index in [1.165, 1.54) is 37.3 Å². The number of nitrogens with zero attached hydrogens (tertiary/aromatic N) is 7. The number of fused-ring (bicyclic) bond motifs is 2. The fourth-order valence-corrected chi connectivity index (χ4v) is 6.32. The molecule has 0 saturated carbocycles. The molecule has 1 unspecified atom stereocenters. The van der Waals surface area contributed by atoms with Gasteiger partial charge in [-0.3, -0.25) is 4.68 Å². The molecule has 1 aliphatic heterocycles. The summed E-state index contributed by atoms with van der Waals surface area (Å²) >= 11 is 0. The van der Waals surface area contributed by atoms with Crippen LogP contribution < -0.4 is 5.73 Å². The number of nitrogens with two attached hydrogens (primary N) is 1. The van der Waals surface area contributed by atoms with E-state index in [4.69, 9.17) is 10.8 Å². The molecule has 41 heavy (non-hydrogen) atoms. The third-order valence-electron chi connectivity index (χ3n) is 8.55. The first kappa shape index (κ1) is 27.4. The number of aromatic nitrogens is 5. The highest BCUT2D eigenvalue weighted by Crippen LogP contribution is 2.32. The van der Waals surface area contributed by atoms with Crippen LogP contribution in [-0.2, 0) is 13.0 Å². The molecule has 3 aromatic heterocycles. The first-order chi connectivity index (χ1) is 19.9. The van der Waals surface area contributed by atoms with Crippen molar-refractivity contribution in [3.8, 4) is 11.1 Å². The van der Waals surface area contributed by atoms with Crippen LogP contribution in [0.2, 0.25) is 0 Å². The van der Waals surface area contributed by atoms with Crippen molar-refractivity contribution in [1.29, 1.82) is 0 Å². The molecule has 5 aromatic rings. The summed E-state index contributed by atoms with van der Waals surface area (Å²) in [5, 5.41) is 10.6. The number of unbranched alkanes of at least 4 members (excludes halogenated alkanes) is 1. The topological polar surface area (TPSA) is 80.5 Å². The Morgan fingerprint density at radius 2 is 1.93 bits per heavy atom. The van der Waals surface area contributed by atoms with E-state index in [0.29, 0.717) is 11.9 Å². The molecule has 0 amide bonds. The average molecular weight is 551 g/mol. The van der Waals surface area contributed by atoms with Crippen molar-refractivity contribution in [3.05, 3.63) is 78.4 Å². The van der Waals surface area contributed by atoms with Gasteiger partial charge in [0, 0.05) is 42.0 Å². The van der Waals surface area contributed by atoms with Gasteiger partial charge in [0.25, 0.3) is 0 Å². The third kappa shape index (κ3) is 6.14.